The van der Waals surface area contributed by atoms with Gasteiger partial charge in [-0.3, -0.25) is 4.79 Å². The molecule has 0 aliphatic carbocycles. The topological polar surface area (TPSA) is 32.3 Å². The summed E-state index contributed by atoms with van der Waals surface area (Å²) in [5.74, 6) is -0.0384. The normalized spacial score (nSPS) is 12.3. The molecule has 0 spiro atoms. The maximum atomic E-state index is 12.5. The fourth-order valence-electron chi connectivity index (χ4n) is 2.90. The molecule has 24 heavy (non-hydrogen) atoms. The molecule has 0 fully saturated rings. The molecule has 0 saturated carbocycles. The molecule has 3 nitrogen and oxygen atoms in total. The van der Waals surface area contributed by atoms with Crippen molar-refractivity contribution in [3.05, 3.63) is 83.9 Å². The lowest BCUT2D eigenvalue weighted by atomic mass is 10.0. The van der Waals surface area contributed by atoms with Crippen LogP contribution in [-0.2, 0) is 0 Å². The number of likely N-dealkylation sites (N-methyl/N-ethyl adjacent to an activating group) is 1. The molecule has 0 aromatic heterocycles. The fraction of sp³-hybridized carbons (Fsp3) is 0.190. The molecule has 0 aliphatic rings. The highest BCUT2D eigenvalue weighted by molar-refractivity contribution is 5.98. The largest absolute Gasteiger partial charge is 0.350 e. The lowest BCUT2D eigenvalue weighted by molar-refractivity contribution is 0.0942. The van der Waals surface area contributed by atoms with Crippen LogP contribution in [0.25, 0.3) is 10.8 Å². The first-order valence-electron chi connectivity index (χ1n) is 8.13. The van der Waals surface area contributed by atoms with E-state index in [1.807, 2.05) is 68.7 Å². The average Bonchev–Trinajstić information content (AvgIpc) is 2.62. The number of rotatable bonds is 5. The number of nitrogens with zero attached hydrogens (tertiary/aromatic N) is 1. The van der Waals surface area contributed by atoms with Crippen LogP contribution in [0.15, 0.2) is 72.8 Å². The van der Waals surface area contributed by atoms with Crippen molar-refractivity contribution in [2.24, 2.45) is 0 Å². The Hall–Kier alpha value is -2.65. The van der Waals surface area contributed by atoms with Gasteiger partial charge < -0.3 is 10.2 Å². The van der Waals surface area contributed by atoms with Crippen molar-refractivity contribution in [2.45, 2.75) is 6.04 Å². The Morgan fingerprint density at radius 1 is 0.917 bits per heavy atom. The van der Waals surface area contributed by atoms with Gasteiger partial charge >= 0.3 is 0 Å². The summed E-state index contributed by atoms with van der Waals surface area (Å²) in [5.41, 5.74) is 1.89. The highest BCUT2D eigenvalue weighted by atomic mass is 16.1. The van der Waals surface area contributed by atoms with Gasteiger partial charge in [0.25, 0.3) is 5.91 Å². The van der Waals surface area contributed by atoms with Crippen LogP contribution in [-0.4, -0.2) is 31.4 Å². The van der Waals surface area contributed by atoms with Crippen LogP contribution in [0.5, 0.6) is 0 Å². The summed E-state index contributed by atoms with van der Waals surface area (Å²) in [6.45, 7) is 0.572. The molecule has 1 unspecified atom stereocenters. The number of fused-ring (bicyclic) bond motifs is 1. The summed E-state index contributed by atoms with van der Waals surface area (Å²) in [6, 6.07) is 24.3. The number of hydrogen-bond donors (Lipinski definition) is 1. The third-order valence-electron chi connectivity index (χ3n) is 4.28. The van der Waals surface area contributed by atoms with Crippen LogP contribution in [0.1, 0.15) is 22.0 Å². The quantitative estimate of drug-likeness (QED) is 0.774. The fourth-order valence-corrected chi connectivity index (χ4v) is 2.90. The van der Waals surface area contributed by atoms with Crippen LogP contribution in [0.2, 0.25) is 0 Å². The molecule has 3 heteroatoms. The third kappa shape index (κ3) is 3.63. The van der Waals surface area contributed by atoms with Gasteiger partial charge in [0.05, 0.1) is 6.04 Å². The molecule has 1 amide bonds. The molecule has 0 radical (unpaired) electrons. The molecule has 0 saturated heterocycles. The minimum atomic E-state index is -0.0384. The Balaban J connectivity index is 1.73. The van der Waals surface area contributed by atoms with Crippen LogP contribution < -0.4 is 5.32 Å². The Morgan fingerprint density at radius 2 is 1.58 bits per heavy atom. The number of carbonyl (C=O) groups is 1. The minimum absolute atomic E-state index is 0.0384. The summed E-state index contributed by atoms with van der Waals surface area (Å²) >= 11 is 0. The van der Waals surface area contributed by atoms with E-state index in [4.69, 9.17) is 0 Å². The van der Waals surface area contributed by atoms with E-state index >= 15 is 0 Å². The van der Waals surface area contributed by atoms with E-state index < -0.39 is 0 Å². The second-order valence-corrected chi connectivity index (χ2v) is 6.16. The highest BCUT2D eigenvalue weighted by Gasteiger charge is 2.15. The lowest BCUT2D eigenvalue weighted by Gasteiger charge is -2.25. The smallest absolute Gasteiger partial charge is 0.251 e. The van der Waals surface area contributed by atoms with Gasteiger partial charge in [0, 0.05) is 12.1 Å². The molecule has 0 heterocycles. The lowest BCUT2D eigenvalue weighted by Crippen LogP contribution is -2.34. The second kappa shape index (κ2) is 7.28. The van der Waals surface area contributed by atoms with Gasteiger partial charge in [-0.1, -0.05) is 60.7 Å². The third-order valence-corrected chi connectivity index (χ3v) is 4.28. The monoisotopic (exact) mass is 318 g/mol. The molecule has 1 atom stereocenters. The van der Waals surface area contributed by atoms with Crippen LogP contribution in [0.3, 0.4) is 0 Å². The van der Waals surface area contributed by atoms with Crippen molar-refractivity contribution in [1.82, 2.24) is 10.2 Å². The summed E-state index contributed by atoms with van der Waals surface area (Å²) < 4.78 is 0. The Kier molecular flexibility index (Phi) is 4.92. The maximum Gasteiger partial charge on any atom is 0.251 e. The number of nitrogens with one attached hydrogen (secondary N) is 1. The Bertz CT molecular complexity index is 827. The average molecular weight is 318 g/mol. The minimum Gasteiger partial charge on any atom is -0.350 e. The molecular formula is C21H22N2O. The predicted octanol–water partition coefficient (Wildman–Crippen LogP) is 3.87. The first-order chi connectivity index (χ1) is 11.6. The highest BCUT2D eigenvalue weighted by Crippen LogP contribution is 2.18. The van der Waals surface area contributed by atoms with Crippen molar-refractivity contribution in [1.29, 1.82) is 0 Å². The number of benzene rings is 3. The second-order valence-electron chi connectivity index (χ2n) is 6.16. The first-order valence-corrected chi connectivity index (χ1v) is 8.13. The first kappa shape index (κ1) is 16.2. The van der Waals surface area contributed by atoms with E-state index in [-0.39, 0.29) is 11.9 Å². The van der Waals surface area contributed by atoms with Crippen molar-refractivity contribution in [3.8, 4) is 0 Å². The molecular weight excluding hydrogens is 296 g/mol. The molecule has 3 aromatic carbocycles. The maximum absolute atomic E-state index is 12.5. The van der Waals surface area contributed by atoms with E-state index in [2.05, 4.69) is 28.4 Å². The van der Waals surface area contributed by atoms with Crippen molar-refractivity contribution in [2.75, 3.05) is 20.6 Å². The number of amides is 1. The number of carbonyl (C=O) groups excluding carboxylic acids is 1. The van der Waals surface area contributed by atoms with Gasteiger partial charge in [-0.25, -0.2) is 0 Å². The Morgan fingerprint density at radius 3 is 2.29 bits per heavy atom. The zero-order valence-corrected chi connectivity index (χ0v) is 14.1. The van der Waals surface area contributed by atoms with Crippen LogP contribution in [0, 0.1) is 0 Å². The number of hydrogen-bond acceptors (Lipinski definition) is 2. The molecule has 1 N–H and O–H groups in total. The summed E-state index contributed by atoms with van der Waals surface area (Å²) in [7, 11) is 4.06. The van der Waals surface area contributed by atoms with Crippen LogP contribution >= 0.6 is 0 Å². The molecule has 3 aromatic rings. The zero-order valence-electron chi connectivity index (χ0n) is 14.1. The zero-order chi connectivity index (χ0) is 16.9. The summed E-state index contributed by atoms with van der Waals surface area (Å²) in [4.78, 5) is 14.6. The van der Waals surface area contributed by atoms with Gasteiger partial charge in [-0.05, 0) is 42.6 Å². The predicted molar refractivity (Wildman–Crippen MR) is 99.2 cm³/mol. The van der Waals surface area contributed by atoms with Gasteiger partial charge in [0.1, 0.15) is 0 Å². The van der Waals surface area contributed by atoms with Gasteiger partial charge in [-0.2, -0.15) is 0 Å². The van der Waals surface area contributed by atoms with Crippen LogP contribution in [0.4, 0.5) is 0 Å². The van der Waals surface area contributed by atoms with Gasteiger partial charge in [-0.15, -0.1) is 0 Å². The van der Waals surface area contributed by atoms with Gasteiger partial charge in [0.2, 0.25) is 0 Å². The van der Waals surface area contributed by atoms with E-state index in [1.54, 1.807) is 0 Å². The summed E-state index contributed by atoms with van der Waals surface area (Å²) in [5, 5.41) is 5.29. The van der Waals surface area contributed by atoms with Crippen molar-refractivity contribution < 1.29 is 4.79 Å². The standard InChI is InChI=1S/C21H22N2O/c1-23(2)20(17-9-4-3-5-10-17)15-22-21(24)19-13-12-16-8-6-7-11-18(16)14-19/h3-14,20H,15H2,1-2H3,(H,22,24). The Labute approximate surface area is 142 Å². The van der Waals surface area contributed by atoms with E-state index in [0.29, 0.717) is 12.1 Å². The molecule has 0 aliphatic heterocycles. The van der Waals surface area contributed by atoms with E-state index in [1.165, 1.54) is 5.56 Å². The van der Waals surface area contributed by atoms with E-state index in [0.717, 1.165) is 10.8 Å². The SMILES string of the molecule is CN(C)C(CNC(=O)c1ccc2ccccc2c1)c1ccccc1. The van der Waals surface area contributed by atoms with Gasteiger partial charge in [0.15, 0.2) is 0 Å². The van der Waals surface area contributed by atoms with E-state index in [9.17, 15) is 4.79 Å². The summed E-state index contributed by atoms with van der Waals surface area (Å²) in [6.07, 6.45) is 0. The van der Waals surface area contributed by atoms with Crippen molar-refractivity contribution >= 4 is 16.7 Å². The molecule has 3 rings (SSSR count). The van der Waals surface area contributed by atoms with Crippen molar-refractivity contribution in [3.63, 3.8) is 0 Å². The molecule has 122 valence electrons. The molecule has 0 bridgehead atoms.